The summed E-state index contributed by atoms with van der Waals surface area (Å²) in [6, 6.07) is 5.76. The van der Waals surface area contributed by atoms with E-state index in [1.165, 1.54) is 0 Å². The van der Waals surface area contributed by atoms with E-state index in [0.29, 0.717) is 0 Å². The summed E-state index contributed by atoms with van der Waals surface area (Å²) in [6.45, 7) is 3.83. The molecular formula is C17H21NO2. The summed E-state index contributed by atoms with van der Waals surface area (Å²) in [6.07, 6.45) is 4.13. The Morgan fingerprint density at radius 2 is 2.10 bits per heavy atom. The number of carbonyl (C=O) groups excluding carboxylic acids is 1. The van der Waals surface area contributed by atoms with Crippen molar-refractivity contribution in [3.63, 3.8) is 0 Å². The van der Waals surface area contributed by atoms with Gasteiger partial charge >= 0.3 is 0 Å². The molecule has 1 saturated carbocycles. The molecule has 0 atom stereocenters. The maximum absolute atomic E-state index is 12.5. The average Bonchev–Trinajstić information content (AvgIpc) is 2.86. The van der Waals surface area contributed by atoms with Gasteiger partial charge in [-0.1, -0.05) is 37.7 Å². The van der Waals surface area contributed by atoms with Crippen molar-refractivity contribution >= 4 is 11.6 Å². The number of hydrogen-bond acceptors (Lipinski definition) is 2. The van der Waals surface area contributed by atoms with E-state index >= 15 is 0 Å². The van der Waals surface area contributed by atoms with Gasteiger partial charge in [-0.05, 0) is 37.5 Å². The maximum atomic E-state index is 12.5. The van der Waals surface area contributed by atoms with E-state index in [0.717, 1.165) is 42.5 Å². The molecule has 0 unspecified atom stereocenters. The van der Waals surface area contributed by atoms with Crippen LogP contribution in [0.3, 0.4) is 0 Å². The fourth-order valence-electron chi connectivity index (χ4n) is 2.66. The van der Waals surface area contributed by atoms with Gasteiger partial charge in [-0.25, -0.2) is 0 Å². The van der Waals surface area contributed by atoms with Crippen molar-refractivity contribution < 1.29 is 9.90 Å². The van der Waals surface area contributed by atoms with Crippen LogP contribution in [0, 0.1) is 24.2 Å². The Bertz CT molecular complexity index is 560. The number of aliphatic hydroxyl groups excluding tert-OH is 1. The van der Waals surface area contributed by atoms with Gasteiger partial charge in [-0.15, -0.1) is 0 Å². The van der Waals surface area contributed by atoms with Crippen molar-refractivity contribution in [2.24, 2.45) is 5.41 Å². The zero-order valence-electron chi connectivity index (χ0n) is 12.1. The molecule has 0 heterocycles. The van der Waals surface area contributed by atoms with Crippen molar-refractivity contribution in [3.8, 4) is 11.8 Å². The molecule has 1 fully saturated rings. The highest BCUT2D eigenvalue weighted by Crippen LogP contribution is 2.38. The fraction of sp³-hybridized carbons (Fsp3) is 0.471. The first-order valence-corrected chi connectivity index (χ1v) is 7.07. The quantitative estimate of drug-likeness (QED) is 0.813. The second-order valence-corrected chi connectivity index (χ2v) is 5.73. The third-order valence-electron chi connectivity index (χ3n) is 3.98. The molecule has 1 amide bonds. The molecule has 1 aromatic carbocycles. The largest absolute Gasteiger partial charge is 0.384 e. The molecule has 0 aromatic heterocycles. The molecule has 106 valence electrons. The van der Waals surface area contributed by atoms with Gasteiger partial charge < -0.3 is 10.4 Å². The SMILES string of the molecule is Cc1ccc(C#CCO)c(NC(=O)C2(C)CCCC2)c1. The van der Waals surface area contributed by atoms with Crippen LogP contribution in [0.4, 0.5) is 5.69 Å². The Morgan fingerprint density at radius 3 is 2.75 bits per heavy atom. The van der Waals surface area contributed by atoms with E-state index in [9.17, 15) is 4.79 Å². The first-order chi connectivity index (χ1) is 9.55. The number of amides is 1. The normalized spacial score (nSPS) is 16.4. The lowest BCUT2D eigenvalue weighted by atomic mass is 9.87. The van der Waals surface area contributed by atoms with Crippen molar-refractivity contribution in [3.05, 3.63) is 29.3 Å². The lowest BCUT2D eigenvalue weighted by Gasteiger charge is -2.22. The lowest BCUT2D eigenvalue weighted by molar-refractivity contribution is -0.124. The Hall–Kier alpha value is -1.79. The summed E-state index contributed by atoms with van der Waals surface area (Å²) >= 11 is 0. The number of rotatable bonds is 2. The summed E-state index contributed by atoms with van der Waals surface area (Å²) < 4.78 is 0. The smallest absolute Gasteiger partial charge is 0.230 e. The number of carbonyl (C=O) groups is 1. The summed E-state index contributed by atoms with van der Waals surface area (Å²) in [4.78, 5) is 12.5. The highest BCUT2D eigenvalue weighted by atomic mass is 16.2. The summed E-state index contributed by atoms with van der Waals surface area (Å²) in [5.74, 6) is 5.59. The van der Waals surface area contributed by atoms with Crippen molar-refractivity contribution in [1.29, 1.82) is 0 Å². The maximum Gasteiger partial charge on any atom is 0.230 e. The van der Waals surface area contributed by atoms with E-state index in [1.54, 1.807) is 0 Å². The zero-order chi connectivity index (χ0) is 14.6. The minimum absolute atomic E-state index is 0.0765. The minimum atomic E-state index is -0.259. The number of aliphatic hydroxyl groups is 1. The zero-order valence-corrected chi connectivity index (χ0v) is 12.1. The molecule has 0 spiro atoms. The standard InChI is InChI=1S/C17H21NO2/c1-13-7-8-14(6-5-11-19)15(12-13)18-16(20)17(2)9-3-4-10-17/h7-8,12,19H,3-4,9-11H2,1-2H3,(H,18,20). The van der Waals surface area contributed by atoms with Gasteiger partial charge in [0.25, 0.3) is 0 Å². The molecule has 0 bridgehead atoms. The van der Waals surface area contributed by atoms with Crippen LogP contribution in [0.1, 0.15) is 43.7 Å². The van der Waals surface area contributed by atoms with Gasteiger partial charge in [0.1, 0.15) is 6.61 Å². The van der Waals surface area contributed by atoms with Crippen LogP contribution in [0.25, 0.3) is 0 Å². The molecule has 0 saturated heterocycles. The monoisotopic (exact) mass is 271 g/mol. The third-order valence-corrected chi connectivity index (χ3v) is 3.98. The van der Waals surface area contributed by atoms with Crippen LogP contribution >= 0.6 is 0 Å². The van der Waals surface area contributed by atoms with Crippen molar-refractivity contribution in [2.45, 2.75) is 39.5 Å². The Labute approximate surface area is 120 Å². The highest BCUT2D eigenvalue weighted by molar-refractivity contribution is 5.96. The van der Waals surface area contributed by atoms with E-state index in [2.05, 4.69) is 17.2 Å². The molecular weight excluding hydrogens is 250 g/mol. The van der Waals surface area contributed by atoms with E-state index in [1.807, 2.05) is 32.0 Å². The van der Waals surface area contributed by atoms with Gasteiger partial charge in [0.05, 0.1) is 5.69 Å². The van der Waals surface area contributed by atoms with Gasteiger partial charge in [-0.3, -0.25) is 4.79 Å². The average molecular weight is 271 g/mol. The number of hydrogen-bond donors (Lipinski definition) is 2. The number of nitrogens with one attached hydrogen (secondary N) is 1. The first kappa shape index (κ1) is 14.6. The minimum Gasteiger partial charge on any atom is -0.384 e. The summed E-state index contributed by atoms with van der Waals surface area (Å²) in [5.41, 5.74) is 2.31. The Balaban J connectivity index is 2.23. The van der Waals surface area contributed by atoms with E-state index in [-0.39, 0.29) is 17.9 Å². The molecule has 2 N–H and O–H groups in total. The van der Waals surface area contributed by atoms with Crippen LogP contribution in [0.2, 0.25) is 0 Å². The number of benzene rings is 1. The Kier molecular flexibility index (Phi) is 4.46. The van der Waals surface area contributed by atoms with Crippen LogP contribution in [0.5, 0.6) is 0 Å². The number of aryl methyl sites for hydroxylation is 1. The first-order valence-electron chi connectivity index (χ1n) is 7.07. The lowest BCUT2D eigenvalue weighted by Crippen LogP contribution is -2.31. The fourth-order valence-corrected chi connectivity index (χ4v) is 2.66. The van der Waals surface area contributed by atoms with Gasteiger partial charge in [0.2, 0.25) is 5.91 Å². The van der Waals surface area contributed by atoms with E-state index in [4.69, 9.17) is 5.11 Å². The van der Waals surface area contributed by atoms with Crippen molar-refractivity contribution in [2.75, 3.05) is 11.9 Å². The van der Waals surface area contributed by atoms with Crippen molar-refractivity contribution in [1.82, 2.24) is 0 Å². The van der Waals surface area contributed by atoms with Crippen LogP contribution in [0.15, 0.2) is 18.2 Å². The number of anilines is 1. The second kappa shape index (κ2) is 6.11. The highest BCUT2D eigenvalue weighted by Gasteiger charge is 2.36. The van der Waals surface area contributed by atoms with Crippen LogP contribution in [-0.2, 0) is 4.79 Å². The molecule has 1 aliphatic rings. The molecule has 20 heavy (non-hydrogen) atoms. The molecule has 1 aromatic rings. The summed E-state index contributed by atoms with van der Waals surface area (Å²) in [7, 11) is 0. The van der Waals surface area contributed by atoms with Crippen LogP contribution < -0.4 is 5.32 Å². The molecule has 3 heteroatoms. The molecule has 3 nitrogen and oxygen atoms in total. The predicted molar refractivity (Wildman–Crippen MR) is 80.3 cm³/mol. The molecule has 1 aliphatic carbocycles. The Morgan fingerprint density at radius 1 is 1.40 bits per heavy atom. The van der Waals surface area contributed by atoms with E-state index < -0.39 is 0 Å². The third kappa shape index (κ3) is 3.20. The summed E-state index contributed by atoms with van der Waals surface area (Å²) in [5, 5.41) is 11.8. The van der Waals surface area contributed by atoms with Gasteiger partial charge in [0, 0.05) is 11.0 Å². The van der Waals surface area contributed by atoms with Crippen LogP contribution in [-0.4, -0.2) is 17.6 Å². The molecule has 0 aliphatic heterocycles. The predicted octanol–water partition coefficient (Wildman–Crippen LogP) is 2.86. The van der Waals surface area contributed by atoms with Gasteiger partial charge in [0.15, 0.2) is 0 Å². The molecule has 0 radical (unpaired) electrons. The second-order valence-electron chi connectivity index (χ2n) is 5.73. The molecule has 2 rings (SSSR count). The topological polar surface area (TPSA) is 49.3 Å². The van der Waals surface area contributed by atoms with Gasteiger partial charge in [-0.2, -0.15) is 0 Å².